The summed E-state index contributed by atoms with van der Waals surface area (Å²) >= 11 is 3.18. The van der Waals surface area contributed by atoms with Crippen LogP contribution in [0.2, 0.25) is 0 Å². The van der Waals surface area contributed by atoms with Crippen LogP contribution in [0.1, 0.15) is 55.3 Å². The fourth-order valence-electron chi connectivity index (χ4n) is 2.65. The third-order valence-electron chi connectivity index (χ3n) is 5.88. The summed E-state index contributed by atoms with van der Waals surface area (Å²) in [5.41, 5.74) is -0.161. The lowest BCUT2D eigenvalue weighted by molar-refractivity contribution is -0.120. The van der Waals surface area contributed by atoms with E-state index in [0.29, 0.717) is 34.7 Å². The van der Waals surface area contributed by atoms with Crippen molar-refractivity contribution in [3.05, 3.63) is 35.4 Å². The Kier molecular flexibility index (Phi) is 28.5. The monoisotopic (exact) mass is 874 g/mol. The second kappa shape index (κ2) is 27.8. The maximum atomic E-state index is 11.8. The second-order valence-electron chi connectivity index (χ2n) is 11.4. The van der Waals surface area contributed by atoms with E-state index >= 15 is 0 Å². The van der Waals surface area contributed by atoms with Gasteiger partial charge in [-0.25, -0.2) is 13.7 Å². The molecular weight excluding hydrogens is 821 g/mol. The molecule has 0 radical (unpaired) electrons. The zero-order chi connectivity index (χ0) is 41.4. The quantitative estimate of drug-likeness (QED) is 0.0692. The Bertz CT molecular complexity index is 1360. The van der Waals surface area contributed by atoms with Crippen LogP contribution in [-0.4, -0.2) is 113 Å². The Hall–Kier alpha value is -0.760. The number of carbonyl (C=O) groups excluding carboxylic acids is 4. The van der Waals surface area contributed by atoms with E-state index in [1.165, 1.54) is 42.7 Å². The van der Waals surface area contributed by atoms with Gasteiger partial charge in [0.2, 0.25) is 5.12 Å². The summed E-state index contributed by atoms with van der Waals surface area (Å²) in [4.78, 5) is 45.4. The number of phosphoric ester groups is 3. The molecule has 0 aliphatic rings. The number of aldehydes is 1. The van der Waals surface area contributed by atoms with Crippen LogP contribution < -0.4 is 0 Å². The van der Waals surface area contributed by atoms with Gasteiger partial charge in [-0.3, -0.25) is 59.9 Å². The summed E-state index contributed by atoms with van der Waals surface area (Å²) in [6.07, 6.45) is 0.711. The minimum atomic E-state index is -3.49. The van der Waals surface area contributed by atoms with Crippen LogP contribution in [0, 0.1) is 10.8 Å². The predicted octanol–water partition coefficient (Wildman–Crippen LogP) is 7.18. The van der Waals surface area contributed by atoms with Crippen LogP contribution in [0.4, 0.5) is 0 Å². The number of rotatable bonds is 22. The number of carbonyl (C=O) groups is 4. The number of benzene rings is 1. The Balaban J connectivity index is 0. The summed E-state index contributed by atoms with van der Waals surface area (Å²) in [6, 6.07) is 6.30. The summed E-state index contributed by atoms with van der Waals surface area (Å²) < 4.78 is 76.6. The molecule has 1 aromatic carbocycles. The lowest BCUT2D eigenvalue weighted by Crippen LogP contribution is -2.26. The van der Waals surface area contributed by atoms with Gasteiger partial charge in [0.1, 0.15) is 6.29 Å². The molecule has 1 N–H and O–H groups in total. The fraction of sp³-hybridized carbons (Fsp3) is 0.667. The fourth-order valence-corrected chi connectivity index (χ4v) is 7.29. The molecule has 1 rings (SSSR count). The summed E-state index contributed by atoms with van der Waals surface area (Å²) in [6.45, 7) is 8.89. The van der Waals surface area contributed by atoms with Crippen molar-refractivity contribution < 1.29 is 78.7 Å². The Morgan fingerprint density at radius 1 is 0.623 bits per heavy atom. The lowest BCUT2D eigenvalue weighted by atomic mass is 9.97. The standard InChI is InChI=1S/C12H15O6PS.C9H19O6PS.C9H19O5PS/c1-16-19(15,17-2)18-7-8-20-12(14)11-5-3-10(9-13)4-6-11;1-9(2,7-10)8(11)17-6-5-15-16(12,13-3)14-4;1-9(2,3)8(10)16-7-6-14-15(11,12-4)13-5/h3-6,9H,7-8H2,1-2H3;10H,5-7H2,1-4H3;6-7H2,1-5H3. The van der Waals surface area contributed by atoms with Crippen molar-refractivity contribution in [1.82, 2.24) is 0 Å². The predicted molar refractivity (Wildman–Crippen MR) is 207 cm³/mol. The highest BCUT2D eigenvalue weighted by Gasteiger charge is 2.28. The molecule has 0 spiro atoms. The van der Waals surface area contributed by atoms with Crippen LogP contribution in [0.15, 0.2) is 24.3 Å². The molecule has 23 heteroatoms. The highest BCUT2D eigenvalue weighted by atomic mass is 32.2. The van der Waals surface area contributed by atoms with Crippen LogP contribution in [0.5, 0.6) is 0 Å². The summed E-state index contributed by atoms with van der Waals surface area (Å²) in [5.74, 6) is 1.05. The van der Waals surface area contributed by atoms with Crippen LogP contribution in [0.25, 0.3) is 0 Å². The zero-order valence-electron chi connectivity index (χ0n) is 31.9. The van der Waals surface area contributed by atoms with Crippen molar-refractivity contribution >= 4 is 80.4 Å². The van der Waals surface area contributed by atoms with Crippen molar-refractivity contribution in [2.45, 2.75) is 34.6 Å². The highest BCUT2D eigenvalue weighted by Crippen LogP contribution is 2.49. The number of hydrogen-bond acceptors (Lipinski definition) is 20. The Morgan fingerprint density at radius 3 is 1.26 bits per heavy atom. The van der Waals surface area contributed by atoms with Gasteiger partial charge in [-0.05, 0) is 26.0 Å². The molecule has 0 fully saturated rings. The normalized spacial score (nSPS) is 12.2. The van der Waals surface area contributed by atoms with Crippen molar-refractivity contribution in [3.63, 3.8) is 0 Å². The van der Waals surface area contributed by atoms with Gasteiger partial charge >= 0.3 is 23.5 Å². The molecule has 0 atom stereocenters. The largest absolute Gasteiger partial charge is 0.474 e. The average Bonchev–Trinajstić information content (AvgIpc) is 3.16. The van der Waals surface area contributed by atoms with E-state index in [9.17, 15) is 32.9 Å². The van der Waals surface area contributed by atoms with Crippen molar-refractivity contribution in [1.29, 1.82) is 0 Å². The first kappa shape index (κ1) is 54.3. The molecule has 0 aliphatic heterocycles. The average molecular weight is 875 g/mol. The summed E-state index contributed by atoms with van der Waals surface area (Å²) in [5, 5.41) is 8.74. The smallest absolute Gasteiger partial charge is 0.395 e. The Labute approximate surface area is 325 Å². The van der Waals surface area contributed by atoms with Gasteiger partial charge in [0.25, 0.3) is 0 Å². The van der Waals surface area contributed by atoms with Crippen LogP contribution >= 0.6 is 58.8 Å². The van der Waals surface area contributed by atoms with E-state index in [0.717, 1.165) is 35.3 Å². The van der Waals surface area contributed by atoms with Crippen LogP contribution in [-0.2, 0) is 64.0 Å². The molecular formula is C30H53O17P3S3. The molecule has 308 valence electrons. The number of aliphatic hydroxyl groups is 1. The minimum absolute atomic E-state index is 0.0573. The highest BCUT2D eigenvalue weighted by molar-refractivity contribution is 8.14. The molecule has 53 heavy (non-hydrogen) atoms. The van der Waals surface area contributed by atoms with E-state index in [1.54, 1.807) is 38.1 Å². The first-order valence-electron chi connectivity index (χ1n) is 15.4. The van der Waals surface area contributed by atoms with E-state index in [-0.39, 0.29) is 47.2 Å². The Morgan fingerprint density at radius 2 is 0.962 bits per heavy atom. The number of phosphoric acid groups is 3. The van der Waals surface area contributed by atoms with Gasteiger partial charge in [-0.15, -0.1) is 0 Å². The van der Waals surface area contributed by atoms with Gasteiger partial charge in [0.15, 0.2) is 10.2 Å². The molecule has 0 aliphatic carbocycles. The maximum absolute atomic E-state index is 11.8. The molecule has 0 saturated carbocycles. The molecule has 1 aromatic rings. The summed E-state index contributed by atoms with van der Waals surface area (Å²) in [7, 11) is -2.98. The maximum Gasteiger partial charge on any atom is 0.474 e. The topological polar surface area (TPSA) is 223 Å². The molecule has 0 bridgehead atoms. The second-order valence-corrected chi connectivity index (χ2v) is 20.2. The number of hydrogen-bond donors (Lipinski definition) is 1. The number of thioether (sulfide) groups is 3. The van der Waals surface area contributed by atoms with Gasteiger partial charge in [-0.1, -0.05) is 68.2 Å². The number of aliphatic hydroxyl groups excluding tert-OH is 1. The van der Waals surface area contributed by atoms with Gasteiger partial charge in [0, 0.05) is 76.5 Å². The first-order valence-corrected chi connectivity index (χ1v) is 22.7. The zero-order valence-corrected chi connectivity index (χ0v) is 37.0. The molecule has 0 unspecified atom stereocenters. The molecule has 0 heterocycles. The van der Waals surface area contributed by atoms with Crippen LogP contribution in [0.3, 0.4) is 0 Å². The van der Waals surface area contributed by atoms with Crippen molar-refractivity contribution in [3.8, 4) is 0 Å². The molecule has 0 aromatic heterocycles. The van der Waals surface area contributed by atoms with Gasteiger partial charge in [0.05, 0.1) is 31.8 Å². The van der Waals surface area contributed by atoms with E-state index in [4.69, 9.17) is 18.7 Å². The van der Waals surface area contributed by atoms with E-state index < -0.39 is 28.9 Å². The van der Waals surface area contributed by atoms with E-state index in [2.05, 4.69) is 27.1 Å². The molecule has 17 nitrogen and oxygen atoms in total. The van der Waals surface area contributed by atoms with E-state index in [1.807, 2.05) is 20.8 Å². The van der Waals surface area contributed by atoms with Crippen molar-refractivity contribution in [2.75, 3.05) is 86.3 Å². The minimum Gasteiger partial charge on any atom is -0.395 e. The lowest BCUT2D eigenvalue weighted by Gasteiger charge is -2.19. The molecule has 0 amide bonds. The molecule has 0 saturated heterocycles. The first-order chi connectivity index (χ1) is 24.6. The third kappa shape index (κ3) is 23.8. The van der Waals surface area contributed by atoms with Crippen molar-refractivity contribution in [2.24, 2.45) is 10.8 Å². The van der Waals surface area contributed by atoms with Gasteiger partial charge < -0.3 is 5.11 Å². The third-order valence-corrected chi connectivity index (χ3v) is 13.4. The SMILES string of the molecule is COP(=O)(OC)OCCSC(=O)C(C)(C)C.COP(=O)(OC)OCCSC(=O)C(C)(C)CO.COP(=O)(OC)OCCSC(=O)c1ccc(C=O)cc1. The van der Waals surface area contributed by atoms with Gasteiger partial charge in [-0.2, -0.15) is 0 Å².